The molecule has 0 spiro atoms. The Labute approximate surface area is 100 Å². The molecule has 0 aromatic carbocycles. The number of aryl methyl sites for hydroxylation is 1. The van der Waals surface area contributed by atoms with Crippen molar-refractivity contribution in [2.45, 2.75) is 26.3 Å². The van der Waals surface area contributed by atoms with Crippen molar-refractivity contribution < 1.29 is 4.79 Å². The summed E-state index contributed by atoms with van der Waals surface area (Å²) in [5, 5.41) is 4.86. The third-order valence-corrected chi connectivity index (χ3v) is 3.12. The second kappa shape index (κ2) is 6.82. The summed E-state index contributed by atoms with van der Waals surface area (Å²) < 4.78 is 0. The molecule has 86 valence electrons. The Bertz CT molecular complexity index is 312. The maximum atomic E-state index is 11.1. The van der Waals surface area contributed by atoms with Crippen LogP contribution in [0.2, 0.25) is 0 Å². The van der Waals surface area contributed by atoms with Crippen molar-refractivity contribution in [2.24, 2.45) is 5.73 Å². The molecular weight excluding hydrogens is 232 g/mol. The van der Waals surface area contributed by atoms with Crippen molar-refractivity contribution in [3.63, 3.8) is 0 Å². The van der Waals surface area contributed by atoms with Crippen LogP contribution in [-0.4, -0.2) is 18.5 Å². The molecule has 0 radical (unpaired) electrons. The van der Waals surface area contributed by atoms with Crippen molar-refractivity contribution in [1.29, 1.82) is 0 Å². The number of carbonyl (C=O) groups is 1. The van der Waals surface area contributed by atoms with Gasteiger partial charge in [-0.05, 0) is 37.3 Å². The molecule has 0 aliphatic heterocycles. The highest BCUT2D eigenvalue weighted by Gasteiger charge is 2.06. The van der Waals surface area contributed by atoms with Gasteiger partial charge in [0.05, 0.1) is 6.04 Å². The second-order valence-corrected chi connectivity index (χ2v) is 4.36. The lowest BCUT2D eigenvalue weighted by atomic mass is 10.2. The maximum Gasteiger partial charge on any atom is 0.236 e. The minimum Gasteiger partial charge on any atom is -0.354 e. The number of halogens is 1. The summed E-state index contributed by atoms with van der Waals surface area (Å²) in [6, 6.07) is 1.67. The van der Waals surface area contributed by atoms with Gasteiger partial charge in [0, 0.05) is 11.4 Å². The number of hydrogen-bond donors (Lipinski definition) is 2. The summed E-state index contributed by atoms with van der Waals surface area (Å²) in [7, 11) is 0. The van der Waals surface area contributed by atoms with E-state index in [4.69, 9.17) is 5.73 Å². The van der Waals surface area contributed by atoms with E-state index in [1.807, 2.05) is 0 Å². The van der Waals surface area contributed by atoms with Gasteiger partial charge in [-0.15, -0.1) is 23.7 Å². The summed E-state index contributed by atoms with van der Waals surface area (Å²) in [4.78, 5) is 12.5. The van der Waals surface area contributed by atoms with Crippen molar-refractivity contribution in [2.75, 3.05) is 6.54 Å². The molecule has 0 aliphatic rings. The van der Waals surface area contributed by atoms with E-state index in [0.29, 0.717) is 6.54 Å². The van der Waals surface area contributed by atoms with Crippen molar-refractivity contribution in [1.82, 2.24) is 5.32 Å². The molecule has 1 atom stereocenters. The first-order chi connectivity index (χ1) is 6.61. The molecule has 3 N–H and O–H groups in total. The van der Waals surface area contributed by atoms with Gasteiger partial charge in [-0.2, -0.15) is 0 Å². The monoisotopic (exact) mass is 248 g/mol. The Morgan fingerprint density at radius 3 is 2.80 bits per heavy atom. The largest absolute Gasteiger partial charge is 0.354 e. The first kappa shape index (κ1) is 14.4. The van der Waals surface area contributed by atoms with Crippen LogP contribution in [-0.2, 0) is 11.2 Å². The Morgan fingerprint density at radius 2 is 2.33 bits per heavy atom. The number of amides is 1. The summed E-state index contributed by atoms with van der Waals surface area (Å²) in [5.74, 6) is -0.0841. The zero-order valence-electron chi connectivity index (χ0n) is 8.95. The van der Waals surface area contributed by atoms with E-state index in [-0.39, 0.29) is 18.3 Å². The highest BCUT2D eigenvalue weighted by Crippen LogP contribution is 2.15. The third-order valence-electron chi connectivity index (χ3n) is 2.03. The van der Waals surface area contributed by atoms with Crippen LogP contribution in [0.1, 0.15) is 17.4 Å². The minimum absolute atomic E-state index is 0. The predicted molar refractivity (Wildman–Crippen MR) is 66.7 cm³/mol. The van der Waals surface area contributed by atoms with E-state index in [9.17, 15) is 4.79 Å². The first-order valence-corrected chi connectivity index (χ1v) is 5.55. The van der Waals surface area contributed by atoms with Gasteiger partial charge in [0.15, 0.2) is 0 Å². The number of thiophene rings is 1. The van der Waals surface area contributed by atoms with Gasteiger partial charge in [-0.1, -0.05) is 0 Å². The van der Waals surface area contributed by atoms with Crippen molar-refractivity contribution in [3.8, 4) is 0 Å². The van der Waals surface area contributed by atoms with Crippen LogP contribution in [0.5, 0.6) is 0 Å². The molecule has 1 unspecified atom stereocenters. The van der Waals surface area contributed by atoms with Gasteiger partial charge in [0.2, 0.25) is 5.91 Å². The quantitative estimate of drug-likeness (QED) is 0.848. The fraction of sp³-hybridized carbons (Fsp3) is 0.500. The highest BCUT2D eigenvalue weighted by molar-refractivity contribution is 7.10. The molecule has 15 heavy (non-hydrogen) atoms. The average molecular weight is 249 g/mol. The average Bonchev–Trinajstić information content (AvgIpc) is 2.51. The Balaban J connectivity index is 0.00000196. The summed E-state index contributed by atoms with van der Waals surface area (Å²) in [6.45, 7) is 4.44. The standard InChI is InChI=1S/C10H16N2OS.ClH/c1-7-4-6-14-9(7)3-5-12-10(13)8(2)11;/h4,6,8H,3,5,11H2,1-2H3,(H,12,13);1H. The van der Waals surface area contributed by atoms with Gasteiger partial charge >= 0.3 is 0 Å². The van der Waals surface area contributed by atoms with E-state index in [0.717, 1.165) is 6.42 Å². The minimum atomic E-state index is -0.417. The SMILES string of the molecule is Cc1ccsc1CCNC(=O)C(C)N.Cl. The molecule has 1 aromatic rings. The molecule has 0 bridgehead atoms. The van der Waals surface area contributed by atoms with E-state index in [1.165, 1.54) is 10.4 Å². The van der Waals surface area contributed by atoms with Crippen LogP contribution in [0.3, 0.4) is 0 Å². The molecule has 1 amide bonds. The molecule has 1 heterocycles. The van der Waals surface area contributed by atoms with E-state index in [2.05, 4.69) is 23.7 Å². The van der Waals surface area contributed by atoms with Crippen molar-refractivity contribution >= 4 is 29.7 Å². The zero-order valence-corrected chi connectivity index (χ0v) is 10.6. The number of rotatable bonds is 4. The van der Waals surface area contributed by atoms with Crippen LogP contribution in [0, 0.1) is 6.92 Å². The molecule has 1 aromatic heterocycles. The van der Waals surface area contributed by atoms with Gasteiger partial charge < -0.3 is 11.1 Å². The Kier molecular flexibility index (Phi) is 6.56. The highest BCUT2D eigenvalue weighted by atomic mass is 35.5. The first-order valence-electron chi connectivity index (χ1n) is 4.67. The Morgan fingerprint density at radius 1 is 1.67 bits per heavy atom. The zero-order chi connectivity index (χ0) is 10.6. The fourth-order valence-electron chi connectivity index (χ4n) is 1.12. The lowest BCUT2D eigenvalue weighted by Gasteiger charge is -2.06. The predicted octanol–water partition coefficient (Wildman–Crippen LogP) is 1.48. The Hall–Kier alpha value is -0.580. The number of nitrogens with one attached hydrogen (secondary N) is 1. The number of carbonyl (C=O) groups excluding carboxylic acids is 1. The molecule has 0 saturated carbocycles. The normalized spacial score (nSPS) is 11.7. The van der Waals surface area contributed by atoms with E-state index >= 15 is 0 Å². The maximum absolute atomic E-state index is 11.1. The van der Waals surface area contributed by atoms with E-state index in [1.54, 1.807) is 18.3 Å². The lowest BCUT2D eigenvalue weighted by Crippen LogP contribution is -2.39. The summed E-state index contributed by atoms with van der Waals surface area (Å²) in [6.07, 6.45) is 0.891. The topological polar surface area (TPSA) is 55.1 Å². The van der Waals surface area contributed by atoms with Gasteiger partial charge in [0.25, 0.3) is 0 Å². The van der Waals surface area contributed by atoms with Crippen LogP contribution in [0.4, 0.5) is 0 Å². The van der Waals surface area contributed by atoms with Crippen LogP contribution in [0.15, 0.2) is 11.4 Å². The molecule has 1 rings (SSSR count). The molecular formula is C10H17ClN2OS. The fourth-order valence-corrected chi connectivity index (χ4v) is 2.03. The van der Waals surface area contributed by atoms with Gasteiger partial charge in [0.1, 0.15) is 0 Å². The van der Waals surface area contributed by atoms with Crippen LogP contribution < -0.4 is 11.1 Å². The molecule has 3 nitrogen and oxygen atoms in total. The second-order valence-electron chi connectivity index (χ2n) is 3.36. The molecule has 0 saturated heterocycles. The molecule has 0 aliphatic carbocycles. The van der Waals surface area contributed by atoms with E-state index < -0.39 is 6.04 Å². The third kappa shape index (κ3) is 4.64. The van der Waals surface area contributed by atoms with Gasteiger partial charge in [-0.25, -0.2) is 0 Å². The number of hydrogen-bond acceptors (Lipinski definition) is 3. The van der Waals surface area contributed by atoms with Crippen LogP contribution in [0.25, 0.3) is 0 Å². The van der Waals surface area contributed by atoms with Crippen molar-refractivity contribution in [3.05, 3.63) is 21.9 Å². The summed E-state index contributed by atoms with van der Waals surface area (Å²) in [5.41, 5.74) is 6.71. The smallest absolute Gasteiger partial charge is 0.236 e. The molecule has 0 fully saturated rings. The lowest BCUT2D eigenvalue weighted by molar-refractivity contribution is -0.121. The van der Waals surface area contributed by atoms with Gasteiger partial charge in [-0.3, -0.25) is 4.79 Å². The summed E-state index contributed by atoms with van der Waals surface area (Å²) >= 11 is 1.73. The number of nitrogens with two attached hydrogens (primary N) is 1. The molecule has 5 heteroatoms. The van der Waals surface area contributed by atoms with Crippen LogP contribution >= 0.6 is 23.7 Å².